The molecule has 2 nitrogen and oxygen atoms in total. The molecule has 0 unspecified atom stereocenters. The Morgan fingerprint density at radius 1 is 1.21 bits per heavy atom. The molecule has 0 radical (unpaired) electrons. The summed E-state index contributed by atoms with van der Waals surface area (Å²) in [4.78, 5) is 14.6. The van der Waals surface area contributed by atoms with Crippen LogP contribution in [0.4, 0.5) is 0 Å². The Labute approximate surface area is 116 Å². The van der Waals surface area contributed by atoms with Gasteiger partial charge in [-0.3, -0.25) is 4.79 Å². The van der Waals surface area contributed by atoms with Crippen molar-refractivity contribution in [1.82, 2.24) is 4.90 Å². The second-order valence-corrected chi connectivity index (χ2v) is 5.46. The fraction of sp³-hybridized carbons (Fsp3) is 0.588. The lowest BCUT2D eigenvalue weighted by molar-refractivity contribution is 0.0971. The molecular formula is C17H25NO. The first-order chi connectivity index (χ1) is 9.31. The van der Waals surface area contributed by atoms with Crippen molar-refractivity contribution in [2.24, 2.45) is 0 Å². The number of hydrogen-bond acceptors (Lipinski definition) is 2. The van der Waals surface area contributed by atoms with E-state index in [1.54, 1.807) is 0 Å². The molecule has 2 rings (SSSR count). The summed E-state index contributed by atoms with van der Waals surface area (Å²) >= 11 is 0. The number of carbonyl (C=O) groups excluding carboxylic acids is 1. The Morgan fingerprint density at radius 2 is 1.89 bits per heavy atom. The van der Waals surface area contributed by atoms with Gasteiger partial charge in [0, 0.05) is 18.0 Å². The van der Waals surface area contributed by atoms with E-state index in [4.69, 9.17) is 0 Å². The van der Waals surface area contributed by atoms with Crippen LogP contribution >= 0.6 is 0 Å². The SMILES string of the molecule is CCN(CCCC(=O)c1ccccc1)C1CCCC1. The molecule has 0 atom stereocenters. The van der Waals surface area contributed by atoms with E-state index in [9.17, 15) is 4.79 Å². The van der Waals surface area contributed by atoms with Crippen LogP contribution in [-0.4, -0.2) is 29.8 Å². The third-order valence-electron chi connectivity index (χ3n) is 4.19. The van der Waals surface area contributed by atoms with Crippen LogP contribution in [0.1, 0.15) is 55.8 Å². The van der Waals surface area contributed by atoms with E-state index in [1.165, 1.54) is 25.7 Å². The van der Waals surface area contributed by atoms with Crippen molar-refractivity contribution < 1.29 is 4.79 Å². The van der Waals surface area contributed by atoms with Crippen LogP contribution in [0.2, 0.25) is 0 Å². The first-order valence-electron chi connectivity index (χ1n) is 7.63. The molecule has 19 heavy (non-hydrogen) atoms. The summed E-state index contributed by atoms with van der Waals surface area (Å²) in [5, 5.41) is 0. The third kappa shape index (κ3) is 4.17. The molecule has 0 spiro atoms. The average molecular weight is 259 g/mol. The summed E-state index contributed by atoms with van der Waals surface area (Å²) in [6.45, 7) is 4.42. The van der Waals surface area contributed by atoms with Crippen molar-refractivity contribution in [1.29, 1.82) is 0 Å². The van der Waals surface area contributed by atoms with Crippen LogP contribution in [0.5, 0.6) is 0 Å². The summed E-state index contributed by atoms with van der Waals surface area (Å²) in [6, 6.07) is 10.4. The maximum absolute atomic E-state index is 12.0. The molecule has 0 bridgehead atoms. The molecule has 0 aliphatic heterocycles. The number of benzene rings is 1. The topological polar surface area (TPSA) is 20.3 Å². The van der Waals surface area contributed by atoms with Crippen molar-refractivity contribution in [3.63, 3.8) is 0 Å². The van der Waals surface area contributed by atoms with Gasteiger partial charge in [0.05, 0.1) is 0 Å². The summed E-state index contributed by atoms with van der Waals surface area (Å²) in [7, 11) is 0. The zero-order chi connectivity index (χ0) is 13.5. The highest BCUT2D eigenvalue weighted by atomic mass is 16.1. The van der Waals surface area contributed by atoms with E-state index in [1.807, 2.05) is 30.3 Å². The highest BCUT2D eigenvalue weighted by Gasteiger charge is 2.20. The Bertz CT molecular complexity index is 382. The number of nitrogens with zero attached hydrogens (tertiary/aromatic N) is 1. The van der Waals surface area contributed by atoms with E-state index in [-0.39, 0.29) is 5.78 Å². The Morgan fingerprint density at radius 3 is 2.53 bits per heavy atom. The van der Waals surface area contributed by atoms with Gasteiger partial charge in [-0.15, -0.1) is 0 Å². The Balaban J connectivity index is 1.74. The zero-order valence-corrected chi connectivity index (χ0v) is 12.0. The van der Waals surface area contributed by atoms with Crippen LogP contribution in [0.3, 0.4) is 0 Å². The minimum absolute atomic E-state index is 0.281. The summed E-state index contributed by atoms with van der Waals surface area (Å²) in [5.74, 6) is 0.281. The maximum atomic E-state index is 12.0. The van der Waals surface area contributed by atoms with Gasteiger partial charge in [-0.1, -0.05) is 50.1 Å². The smallest absolute Gasteiger partial charge is 0.162 e. The number of hydrogen-bond donors (Lipinski definition) is 0. The first-order valence-corrected chi connectivity index (χ1v) is 7.63. The van der Waals surface area contributed by atoms with Crippen molar-refractivity contribution in [3.8, 4) is 0 Å². The van der Waals surface area contributed by atoms with E-state index in [0.717, 1.165) is 31.1 Å². The molecule has 2 heteroatoms. The molecule has 0 aromatic heterocycles. The maximum Gasteiger partial charge on any atom is 0.162 e. The lowest BCUT2D eigenvalue weighted by atomic mass is 10.1. The van der Waals surface area contributed by atoms with Crippen molar-refractivity contribution in [3.05, 3.63) is 35.9 Å². The highest BCUT2D eigenvalue weighted by Crippen LogP contribution is 2.23. The minimum Gasteiger partial charge on any atom is -0.301 e. The number of rotatable bonds is 7. The molecule has 0 amide bonds. The van der Waals surface area contributed by atoms with E-state index >= 15 is 0 Å². The van der Waals surface area contributed by atoms with Gasteiger partial charge in [0.2, 0.25) is 0 Å². The fourth-order valence-electron chi connectivity index (χ4n) is 3.08. The van der Waals surface area contributed by atoms with Crippen molar-refractivity contribution in [2.45, 2.75) is 51.5 Å². The quantitative estimate of drug-likeness (QED) is 0.692. The second-order valence-electron chi connectivity index (χ2n) is 5.46. The molecule has 1 aliphatic carbocycles. The van der Waals surface area contributed by atoms with E-state index in [2.05, 4.69) is 11.8 Å². The highest BCUT2D eigenvalue weighted by molar-refractivity contribution is 5.95. The number of ketones is 1. The number of Topliss-reactive ketones (excluding diaryl/α,β-unsaturated/α-hetero) is 1. The van der Waals surface area contributed by atoms with Gasteiger partial charge in [0.15, 0.2) is 5.78 Å². The zero-order valence-electron chi connectivity index (χ0n) is 12.0. The van der Waals surface area contributed by atoms with Gasteiger partial charge in [0.1, 0.15) is 0 Å². The normalized spacial score (nSPS) is 16.1. The molecule has 104 valence electrons. The molecule has 1 saturated carbocycles. The van der Waals surface area contributed by atoms with E-state index < -0.39 is 0 Å². The van der Waals surface area contributed by atoms with Gasteiger partial charge >= 0.3 is 0 Å². The predicted octanol–water partition coefficient (Wildman–Crippen LogP) is 3.91. The Hall–Kier alpha value is -1.15. The molecule has 0 N–H and O–H groups in total. The molecule has 1 fully saturated rings. The van der Waals surface area contributed by atoms with Crippen LogP contribution in [0, 0.1) is 0 Å². The largest absolute Gasteiger partial charge is 0.301 e. The van der Waals surface area contributed by atoms with Crippen LogP contribution in [-0.2, 0) is 0 Å². The van der Waals surface area contributed by atoms with Crippen molar-refractivity contribution in [2.75, 3.05) is 13.1 Å². The van der Waals surface area contributed by atoms with Crippen LogP contribution < -0.4 is 0 Å². The molecular weight excluding hydrogens is 234 g/mol. The molecule has 0 heterocycles. The van der Waals surface area contributed by atoms with Gasteiger partial charge in [0.25, 0.3) is 0 Å². The third-order valence-corrected chi connectivity index (χ3v) is 4.19. The first kappa shape index (κ1) is 14.3. The summed E-state index contributed by atoms with van der Waals surface area (Å²) in [5.41, 5.74) is 0.853. The minimum atomic E-state index is 0.281. The van der Waals surface area contributed by atoms with Gasteiger partial charge in [-0.25, -0.2) is 0 Å². The number of carbonyl (C=O) groups is 1. The van der Waals surface area contributed by atoms with Crippen LogP contribution in [0.25, 0.3) is 0 Å². The standard InChI is InChI=1S/C17H25NO/c1-2-18(16-11-6-7-12-16)14-8-13-17(19)15-9-4-3-5-10-15/h3-5,9-10,16H,2,6-8,11-14H2,1H3. The lowest BCUT2D eigenvalue weighted by Crippen LogP contribution is -2.34. The monoisotopic (exact) mass is 259 g/mol. The molecule has 0 saturated heterocycles. The lowest BCUT2D eigenvalue weighted by Gasteiger charge is -2.27. The predicted molar refractivity (Wildman–Crippen MR) is 79.5 cm³/mol. The molecule has 1 aliphatic rings. The Kier molecular flexibility index (Phi) is 5.59. The van der Waals surface area contributed by atoms with Gasteiger partial charge < -0.3 is 4.90 Å². The average Bonchev–Trinajstić information content (AvgIpc) is 2.98. The van der Waals surface area contributed by atoms with Gasteiger partial charge in [-0.2, -0.15) is 0 Å². The van der Waals surface area contributed by atoms with Gasteiger partial charge in [-0.05, 0) is 32.4 Å². The molecule has 1 aromatic carbocycles. The summed E-state index contributed by atoms with van der Waals surface area (Å²) < 4.78 is 0. The molecule has 1 aromatic rings. The van der Waals surface area contributed by atoms with E-state index in [0.29, 0.717) is 6.42 Å². The summed E-state index contributed by atoms with van der Waals surface area (Å²) in [6.07, 6.45) is 7.11. The van der Waals surface area contributed by atoms with Crippen molar-refractivity contribution >= 4 is 5.78 Å². The fourth-order valence-corrected chi connectivity index (χ4v) is 3.08. The van der Waals surface area contributed by atoms with Crippen LogP contribution in [0.15, 0.2) is 30.3 Å². The second kappa shape index (κ2) is 7.44.